The fraction of sp³-hybridized carbons (Fsp3) is 0.353. The van der Waals surface area contributed by atoms with Crippen molar-refractivity contribution >= 4 is 23.3 Å². The molecule has 1 heterocycles. The number of ether oxygens (including phenoxy) is 1. The first kappa shape index (κ1) is 18.7. The molecule has 0 aliphatic heterocycles. The Morgan fingerprint density at radius 2 is 2.08 bits per heavy atom. The van der Waals surface area contributed by atoms with Gasteiger partial charge in [-0.25, -0.2) is 0 Å². The molecule has 0 amide bonds. The predicted octanol–water partition coefficient (Wildman–Crippen LogP) is 2.81. The summed E-state index contributed by atoms with van der Waals surface area (Å²) < 4.78 is 7.07. The van der Waals surface area contributed by atoms with Crippen molar-refractivity contribution in [2.24, 2.45) is 5.92 Å². The highest BCUT2D eigenvalue weighted by Crippen LogP contribution is 2.26. The molecule has 1 aromatic carbocycles. The van der Waals surface area contributed by atoms with Gasteiger partial charge in [-0.05, 0) is 38.1 Å². The fourth-order valence-electron chi connectivity index (χ4n) is 2.26. The lowest BCUT2D eigenvalue weighted by Crippen LogP contribution is -2.21. The maximum absolute atomic E-state index is 12.1. The summed E-state index contributed by atoms with van der Waals surface area (Å²) in [5.41, 5.74) is 0.961. The molecule has 0 saturated carbocycles. The lowest BCUT2D eigenvalue weighted by atomic mass is 10.0. The minimum absolute atomic E-state index is 0.0592. The quantitative estimate of drug-likeness (QED) is 0.575. The molecular weight excluding hydrogens is 338 g/mol. The van der Waals surface area contributed by atoms with E-state index in [9.17, 15) is 4.79 Å². The van der Waals surface area contributed by atoms with Gasteiger partial charge in [-0.1, -0.05) is 11.8 Å². The van der Waals surface area contributed by atoms with E-state index in [1.165, 1.54) is 18.7 Å². The van der Waals surface area contributed by atoms with Crippen molar-refractivity contribution in [1.29, 1.82) is 10.7 Å². The van der Waals surface area contributed by atoms with Crippen LogP contribution in [-0.4, -0.2) is 39.1 Å². The van der Waals surface area contributed by atoms with Crippen LogP contribution in [0.2, 0.25) is 0 Å². The number of aromatic nitrogens is 3. The van der Waals surface area contributed by atoms with E-state index < -0.39 is 5.92 Å². The van der Waals surface area contributed by atoms with Gasteiger partial charge in [0.25, 0.3) is 0 Å². The Bertz CT molecular complexity index is 807. The van der Waals surface area contributed by atoms with Crippen molar-refractivity contribution in [2.45, 2.75) is 25.5 Å². The number of rotatable bonds is 8. The van der Waals surface area contributed by atoms with E-state index in [1.54, 1.807) is 7.11 Å². The molecule has 0 aliphatic carbocycles. The van der Waals surface area contributed by atoms with Gasteiger partial charge in [0.05, 0.1) is 18.9 Å². The van der Waals surface area contributed by atoms with Crippen molar-refractivity contribution in [3.63, 3.8) is 0 Å². The number of nitrogens with one attached hydrogen (secondary N) is 1. The van der Waals surface area contributed by atoms with Gasteiger partial charge in [0.15, 0.2) is 16.8 Å². The van der Waals surface area contributed by atoms with Crippen molar-refractivity contribution in [1.82, 2.24) is 14.8 Å². The summed E-state index contributed by atoms with van der Waals surface area (Å²) >= 11 is 1.23. The van der Waals surface area contributed by atoms with Gasteiger partial charge in [0.1, 0.15) is 11.7 Å². The summed E-state index contributed by atoms with van der Waals surface area (Å²) in [6.07, 6.45) is 0. The number of nitrogens with zero attached hydrogens (tertiary/aromatic N) is 4. The lowest BCUT2D eigenvalue weighted by molar-refractivity contribution is -0.117. The average molecular weight is 357 g/mol. The molecule has 0 saturated heterocycles. The first-order valence-corrected chi connectivity index (χ1v) is 8.68. The van der Waals surface area contributed by atoms with Crippen LogP contribution >= 0.6 is 11.8 Å². The summed E-state index contributed by atoms with van der Waals surface area (Å²) in [4.78, 5) is 12.1. The molecule has 0 spiro atoms. The Hall–Kier alpha value is -2.66. The summed E-state index contributed by atoms with van der Waals surface area (Å²) in [6.45, 7) is 4.09. The number of thioether (sulfide) groups is 1. The maximum Gasteiger partial charge on any atom is 0.191 e. The van der Waals surface area contributed by atoms with Crippen LogP contribution in [0.4, 0.5) is 0 Å². The fourth-order valence-corrected chi connectivity index (χ4v) is 3.17. The van der Waals surface area contributed by atoms with E-state index in [1.807, 2.05) is 41.8 Å². The molecule has 0 unspecified atom stereocenters. The third-order valence-electron chi connectivity index (χ3n) is 3.61. The first-order chi connectivity index (χ1) is 12.0. The maximum atomic E-state index is 12.1. The first-order valence-electron chi connectivity index (χ1n) is 7.69. The molecule has 0 radical (unpaired) electrons. The van der Waals surface area contributed by atoms with Gasteiger partial charge >= 0.3 is 0 Å². The zero-order valence-corrected chi connectivity index (χ0v) is 15.1. The van der Waals surface area contributed by atoms with Crippen LogP contribution in [0.5, 0.6) is 5.75 Å². The van der Waals surface area contributed by atoms with Crippen LogP contribution in [0.15, 0.2) is 29.4 Å². The second kappa shape index (κ2) is 8.44. The average Bonchev–Trinajstić information content (AvgIpc) is 3.03. The molecule has 25 heavy (non-hydrogen) atoms. The molecule has 1 aromatic heterocycles. The molecule has 1 atom stereocenters. The number of Topliss-reactive ketones (excluding diaryl/α,β-unsaturated/α-hetero) is 1. The van der Waals surface area contributed by atoms with Crippen molar-refractivity contribution in [3.05, 3.63) is 24.3 Å². The predicted molar refractivity (Wildman–Crippen MR) is 95.9 cm³/mol. The van der Waals surface area contributed by atoms with Crippen LogP contribution in [0.3, 0.4) is 0 Å². The molecule has 8 heteroatoms. The summed E-state index contributed by atoms with van der Waals surface area (Å²) in [5.74, 6) is 0.259. The van der Waals surface area contributed by atoms with E-state index >= 15 is 0 Å². The number of hydrogen-bond donors (Lipinski definition) is 1. The van der Waals surface area contributed by atoms with Crippen LogP contribution in [-0.2, 0) is 11.3 Å². The minimum atomic E-state index is -0.994. The highest BCUT2D eigenvalue weighted by atomic mass is 32.2. The Morgan fingerprint density at radius 1 is 1.40 bits per heavy atom. The van der Waals surface area contributed by atoms with Crippen molar-refractivity contribution in [2.75, 3.05) is 12.9 Å². The summed E-state index contributed by atoms with van der Waals surface area (Å²) in [5, 5.41) is 25.5. The molecule has 130 valence electrons. The molecule has 1 N–H and O–H groups in total. The number of methoxy groups -OCH3 is 1. The highest BCUT2D eigenvalue weighted by Gasteiger charge is 2.21. The SMILES string of the molecule is CCn1c(SCC(=O)[C@H](C#N)C(C)=N)nnc1-c1ccc(OC)cc1. The van der Waals surface area contributed by atoms with Crippen molar-refractivity contribution < 1.29 is 9.53 Å². The number of ketones is 1. The molecule has 2 aromatic rings. The van der Waals surface area contributed by atoms with E-state index in [-0.39, 0.29) is 17.2 Å². The number of nitriles is 1. The van der Waals surface area contributed by atoms with Gasteiger partial charge in [-0.15, -0.1) is 10.2 Å². The van der Waals surface area contributed by atoms with Gasteiger partial charge in [-0.2, -0.15) is 5.26 Å². The van der Waals surface area contributed by atoms with Crippen LogP contribution < -0.4 is 4.74 Å². The van der Waals surface area contributed by atoms with Gasteiger partial charge in [0.2, 0.25) is 0 Å². The second-order valence-corrected chi connectivity index (χ2v) is 6.22. The van der Waals surface area contributed by atoms with Gasteiger partial charge in [0, 0.05) is 17.8 Å². The Kier molecular flexibility index (Phi) is 6.31. The van der Waals surface area contributed by atoms with E-state index in [0.717, 1.165) is 11.3 Å². The Labute approximate surface area is 150 Å². The van der Waals surface area contributed by atoms with E-state index in [4.69, 9.17) is 15.4 Å². The zero-order chi connectivity index (χ0) is 18.4. The highest BCUT2D eigenvalue weighted by molar-refractivity contribution is 7.99. The monoisotopic (exact) mass is 357 g/mol. The minimum Gasteiger partial charge on any atom is -0.497 e. The molecule has 0 bridgehead atoms. The Morgan fingerprint density at radius 3 is 2.60 bits per heavy atom. The zero-order valence-electron chi connectivity index (χ0n) is 14.3. The van der Waals surface area contributed by atoms with Crippen molar-refractivity contribution in [3.8, 4) is 23.2 Å². The number of carbonyl (C=O) groups is 1. The molecular formula is C17H19N5O2S. The molecule has 2 rings (SSSR count). The molecule has 7 nitrogen and oxygen atoms in total. The normalized spacial score (nSPS) is 11.6. The van der Waals surface area contributed by atoms with E-state index in [0.29, 0.717) is 17.5 Å². The largest absolute Gasteiger partial charge is 0.497 e. The third kappa shape index (κ3) is 4.25. The second-order valence-electron chi connectivity index (χ2n) is 5.28. The number of hydrogen-bond acceptors (Lipinski definition) is 7. The molecule has 0 fully saturated rings. The third-order valence-corrected chi connectivity index (χ3v) is 4.60. The van der Waals surface area contributed by atoms with E-state index in [2.05, 4.69) is 10.2 Å². The number of benzene rings is 1. The van der Waals surface area contributed by atoms with Gasteiger partial charge in [-0.3, -0.25) is 4.79 Å². The molecule has 0 aliphatic rings. The smallest absolute Gasteiger partial charge is 0.191 e. The lowest BCUT2D eigenvalue weighted by Gasteiger charge is -2.09. The van der Waals surface area contributed by atoms with Crippen LogP contribution in [0.1, 0.15) is 13.8 Å². The topological polar surface area (TPSA) is 105 Å². The standard InChI is InChI=1S/C17H19N5O2S/c1-4-22-16(12-5-7-13(24-3)8-6-12)20-21-17(22)25-10-15(23)14(9-18)11(2)19/h5-8,14,19H,4,10H2,1-3H3/t14-/m1/s1. The van der Waals surface area contributed by atoms with Crippen LogP contribution in [0, 0.1) is 22.7 Å². The summed E-state index contributed by atoms with van der Waals surface area (Å²) in [6, 6.07) is 9.37. The van der Waals surface area contributed by atoms with Crippen LogP contribution in [0.25, 0.3) is 11.4 Å². The Balaban J connectivity index is 2.18. The summed E-state index contributed by atoms with van der Waals surface area (Å²) in [7, 11) is 1.61. The van der Waals surface area contributed by atoms with Gasteiger partial charge < -0.3 is 14.7 Å². The number of carbonyl (C=O) groups excluding carboxylic acids is 1.